The summed E-state index contributed by atoms with van der Waals surface area (Å²) in [5.74, 6) is 1.42. The minimum absolute atomic E-state index is 0.369. The van der Waals surface area contributed by atoms with Crippen LogP contribution in [0.15, 0.2) is 0 Å². The van der Waals surface area contributed by atoms with E-state index in [9.17, 15) is 4.79 Å². The van der Waals surface area contributed by atoms with Gasteiger partial charge in [-0.15, -0.1) is 0 Å². The minimum atomic E-state index is 0.369. The van der Waals surface area contributed by atoms with Crippen molar-refractivity contribution in [3.05, 3.63) is 11.3 Å². The van der Waals surface area contributed by atoms with Crippen LogP contribution in [-0.2, 0) is 7.05 Å². The van der Waals surface area contributed by atoms with Gasteiger partial charge in [0.25, 0.3) is 0 Å². The molecule has 1 aromatic rings. The zero-order valence-electron chi connectivity index (χ0n) is 11.0. The number of hydrogen-bond acceptors (Lipinski definition) is 3. The van der Waals surface area contributed by atoms with Crippen LogP contribution < -0.4 is 4.90 Å². The monoisotopic (exact) mass is 223 g/mol. The SMILES string of the molecule is Cc1nn(C)c(N(C)C(C)C(C)C)c1C=O. The molecule has 0 bridgehead atoms. The van der Waals surface area contributed by atoms with E-state index in [2.05, 4.69) is 30.8 Å². The summed E-state index contributed by atoms with van der Waals surface area (Å²) in [6.07, 6.45) is 0.890. The van der Waals surface area contributed by atoms with Crippen molar-refractivity contribution >= 4 is 12.1 Å². The molecule has 0 saturated carbocycles. The summed E-state index contributed by atoms with van der Waals surface area (Å²) in [6.45, 7) is 8.36. The van der Waals surface area contributed by atoms with Gasteiger partial charge in [-0.2, -0.15) is 5.10 Å². The first-order valence-electron chi connectivity index (χ1n) is 5.61. The van der Waals surface area contributed by atoms with E-state index in [0.29, 0.717) is 17.5 Å². The van der Waals surface area contributed by atoms with Crippen LogP contribution in [0.3, 0.4) is 0 Å². The summed E-state index contributed by atoms with van der Waals surface area (Å²) >= 11 is 0. The molecule has 0 saturated heterocycles. The van der Waals surface area contributed by atoms with E-state index < -0.39 is 0 Å². The number of anilines is 1. The standard InChI is InChI=1S/C12H21N3O/c1-8(2)10(4)14(5)12-11(7-16)9(3)13-15(12)6/h7-8,10H,1-6H3. The first-order chi connectivity index (χ1) is 7.40. The molecule has 1 aromatic heterocycles. The smallest absolute Gasteiger partial charge is 0.155 e. The van der Waals surface area contributed by atoms with E-state index >= 15 is 0 Å². The Balaban J connectivity index is 3.16. The van der Waals surface area contributed by atoms with Crippen molar-refractivity contribution in [3.8, 4) is 0 Å². The van der Waals surface area contributed by atoms with Gasteiger partial charge < -0.3 is 4.90 Å². The van der Waals surface area contributed by atoms with Crippen LogP contribution in [0, 0.1) is 12.8 Å². The van der Waals surface area contributed by atoms with Crippen LogP contribution >= 0.6 is 0 Å². The van der Waals surface area contributed by atoms with Crippen LogP contribution in [0.2, 0.25) is 0 Å². The molecule has 0 radical (unpaired) electrons. The Labute approximate surface area is 97.2 Å². The Bertz CT molecular complexity index is 382. The second-order valence-electron chi connectivity index (χ2n) is 4.66. The third-order valence-corrected chi connectivity index (χ3v) is 3.26. The van der Waals surface area contributed by atoms with Crippen molar-refractivity contribution in [2.75, 3.05) is 11.9 Å². The number of aryl methyl sites for hydroxylation is 2. The normalized spacial score (nSPS) is 12.9. The summed E-state index contributed by atoms with van der Waals surface area (Å²) in [5, 5.41) is 4.29. The zero-order chi connectivity index (χ0) is 12.5. The summed E-state index contributed by atoms with van der Waals surface area (Å²) in [7, 11) is 3.88. The molecule has 4 nitrogen and oxygen atoms in total. The van der Waals surface area contributed by atoms with Crippen molar-refractivity contribution in [1.29, 1.82) is 0 Å². The van der Waals surface area contributed by atoms with Gasteiger partial charge in [-0.25, -0.2) is 0 Å². The molecule has 4 heteroatoms. The Hall–Kier alpha value is -1.32. The number of carbonyl (C=O) groups excluding carboxylic acids is 1. The molecular formula is C12H21N3O. The number of aldehydes is 1. The third-order valence-electron chi connectivity index (χ3n) is 3.26. The fraction of sp³-hybridized carbons (Fsp3) is 0.667. The Morgan fingerprint density at radius 3 is 2.38 bits per heavy atom. The second-order valence-corrected chi connectivity index (χ2v) is 4.66. The molecule has 90 valence electrons. The lowest BCUT2D eigenvalue weighted by atomic mass is 10.0. The van der Waals surface area contributed by atoms with Crippen molar-refractivity contribution in [2.24, 2.45) is 13.0 Å². The number of hydrogen-bond donors (Lipinski definition) is 0. The molecule has 1 heterocycles. The van der Waals surface area contributed by atoms with Gasteiger partial charge in [-0.05, 0) is 19.8 Å². The van der Waals surface area contributed by atoms with E-state index in [4.69, 9.17) is 0 Å². The highest BCUT2D eigenvalue weighted by atomic mass is 16.1. The fourth-order valence-corrected chi connectivity index (χ4v) is 1.86. The number of rotatable bonds is 4. The molecule has 0 aliphatic heterocycles. The quantitative estimate of drug-likeness (QED) is 0.733. The largest absolute Gasteiger partial charge is 0.356 e. The van der Waals surface area contributed by atoms with Crippen molar-refractivity contribution in [1.82, 2.24) is 9.78 Å². The molecule has 0 N–H and O–H groups in total. The molecule has 0 aromatic carbocycles. The van der Waals surface area contributed by atoms with Crippen LogP contribution in [0.25, 0.3) is 0 Å². The first kappa shape index (κ1) is 12.7. The lowest BCUT2D eigenvalue weighted by Gasteiger charge is -2.30. The summed E-state index contributed by atoms with van der Waals surface area (Å²) < 4.78 is 1.78. The summed E-state index contributed by atoms with van der Waals surface area (Å²) in [5.41, 5.74) is 1.48. The fourth-order valence-electron chi connectivity index (χ4n) is 1.86. The van der Waals surface area contributed by atoms with Gasteiger partial charge in [-0.1, -0.05) is 13.8 Å². The van der Waals surface area contributed by atoms with Gasteiger partial charge in [0.1, 0.15) is 5.82 Å². The van der Waals surface area contributed by atoms with Crippen LogP contribution in [0.1, 0.15) is 36.8 Å². The maximum atomic E-state index is 11.1. The maximum absolute atomic E-state index is 11.1. The molecule has 0 fully saturated rings. The van der Waals surface area contributed by atoms with E-state index in [0.717, 1.165) is 17.8 Å². The second kappa shape index (κ2) is 4.68. The molecule has 16 heavy (non-hydrogen) atoms. The van der Waals surface area contributed by atoms with Crippen LogP contribution in [-0.4, -0.2) is 29.2 Å². The molecule has 1 atom stereocenters. The molecular weight excluding hydrogens is 202 g/mol. The number of aromatic nitrogens is 2. The Morgan fingerprint density at radius 1 is 1.38 bits per heavy atom. The van der Waals surface area contributed by atoms with E-state index in [-0.39, 0.29) is 0 Å². The van der Waals surface area contributed by atoms with Gasteiger partial charge in [0, 0.05) is 20.1 Å². The molecule has 0 aliphatic carbocycles. The summed E-state index contributed by atoms with van der Waals surface area (Å²) in [4.78, 5) is 13.2. The molecule has 1 rings (SSSR count). The van der Waals surface area contributed by atoms with E-state index in [1.807, 2.05) is 21.0 Å². The Morgan fingerprint density at radius 2 is 1.94 bits per heavy atom. The maximum Gasteiger partial charge on any atom is 0.155 e. The predicted octanol–water partition coefficient (Wildman–Crippen LogP) is 2.02. The average Bonchev–Trinajstić information content (AvgIpc) is 2.50. The lowest BCUT2D eigenvalue weighted by molar-refractivity contribution is 0.112. The van der Waals surface area contributed by atoms with Crippen LogP contribution in [0.4, 0.5) is 5.82 Å². The highest BCUT2D eigenvalue weighted by molar-refractivity contribution is 5.84. The Kier molecular flexibility index (Phi) is 3.73. The minimum Gasteiger partial charge on any atom is -0.356 e. The highest BCUT2D eigenvalue weighted by Crippen LogP contribution is 2.24. The van der Waals surface area contributed by atoms with Gasteiger partial charge in [-0.3, -0.25) is 9.48 Å². The first-order valence-corrected chi connectivity index (χ1v) is 5.61. The van der Waals surface area contributed by atoms with Crippen molar-refractivity contribution in [2.45, 2.75) is 33.7 Å². The van der Waals surface area contributed by atoms with Gasteiger partial charge in [0.05, 0.1) is 11.3 Å². The lowest BCUT2D eigenvalue weighted by Crippen LogP contribution is -2.35. The molecule has 0 spiro atoms. The topological polar surface area (TPSA) is 38.1 Å². The van der Waals surface area contributed by atoms with Gasteiger partial charge in [0.2, 0.25) is 0 Å². The highest BCUT2D eigenvalue weighted by Gasteiger charge is 2.21. The molecule has 0 amide bonds. The average molecular weight is 223 g/mol. The van der Waals surface area contributed by atoms with E-state index in [1.165, 1.54) is 0 Å². The predicted molar refractivity (Wildman–Crippen MR) is 66.0 cm³/mol. The van der Waals surface area contributed by atoms with Crippen molar-refractivity contribution in [3.63, 3.8) is 0 Å². The third kappa shape index (κ3) is 2.10. The zero-order valence-corrected chi connectivity index (χ0v) is 11.0. The number of carbonyl (C=O) groups is 1. The summed E-state index contributed by atoms with van der Waals surface area (Å²) in [6, 6.07) is 0.369. The molecule has 1 unspecified atom stereocenters. The molecule has 0 aliphatic rings. The van der Waals surface area contributed by atoms with Crippen molar-refractivity contribution < 1.29 is 4.79 Å². The number of nitrogens with zero attached hydrogens (tertiary/aromatic N) is 3. The van der Waals surface area contributed by atoms with Gasteiger partial charge >= 0.3 is 0 Å². The van der Waals surface area contributed by atoms with Crippen LogP contribution in [0.5, 0.6) is 0 Å². The van der Waals surface area contributed by atoms with Gasteiger partial charge in [0.15, 0.2) is 6.29 Å². The van der Waals surface area contributed by atoms with E-state index in [1.54, 1.807) is 4.68 Å².